The highest BCUT2D eigenvalue weighted by Crippen LogP contribution is 2.41. The van der Waals surface area contributed by atoms with Crippen LogP contribution in [-0.2, 0) is 4.79 Å². The van der Waals surface area contributed by atoms with E-state index in [4.69, 9.17) is 27.9 Å². The van der Waals surface area contributed by atoms with Crippen molar-refractivity contribution in [3.05, 3.63) is 64.1 Å². The van der Waals surface area contributed by atoms with Crippen LogP contribution in [0.25, 0.3) is 0 Å². The van der Waals surface area contributed by atoms with Crippen LogP contribution in [0.1, 0.15) is 37.2 Å². The van der Waals surface area contributed by atoms with Crippen LogP contribution in [0.4, 0.5) is 4.79 Å². The van der Waals surface area contributed by atoms with E-state index in [-0.39, 0.29) is 19.1 Å². The fourth-order valence-corrected chi connectivity index (χ4v) is 4.72. The maximum atomic E-state index is 13.1. The molecule has 3 amide bonds. The van der Waals surface area contributed by atoms with Crippen molar-refractivity contribution in [3.63, 3.8) is 0 Å². The molecule has 2 aliphatic rings. The van der Waals surface area contributed by atoms with Gasteiger partial charge < -0.3 is 15.2 Å². The molecule has 164 valence electrons. The lowest BCUT2D eigenvalue weighted by molar-refractivity contribution is -0.133. The Kier molecular flexibility index (Phi) is 6.42. The van der Waals surface area contributed by atoms with Crippen molar-refractivity contribution in [2.75, 3.05) is 13.2 Å². The summed E-state index contributed by atoms with van der Waals surface area (Å²) in [6.45, 7) is -0.271. The molecule has 2 N–H and O–H groups in total. The van der Waals surface area contributed by atoms with Crippen LogP contribution in [0, 0.1) is 0 Å². The molecule has 6 nitrogen and oxygen atoms in total. The molecule has 1 unspecified atom stereocenters. The minimum Gasteiger partial charge on any atom is -0.489 e. The van der Waals surface area contributed by atoms with Crippen molar-refractivity contribution in [1.82, 2.24) is 10.2 Å². The molecule has 1 spiro atoms. The molecule has 1 saturated heterocycles. The number of carbonyl (C=O) groups is 2. The van der Waals surface area contributed by atoms with Gasteiger partial charge in [-0.05, 0) is 49.3 Å². The number of halogens is 2. The van der Waals surface area contributed by atoms with Crippen LogP contribution in [0.15, 0.2) is 48.5 Å². The quantitative estimate of drug-likeness (QED) is 0.624. The Hall–Kier alpha value is -2.28. The number of imide groups is 1. The van der Waals surface area contributed by atoms with Crippen molar-refractivity contribution < 1.29 is 19.4 Å². The lowest BCUT2D eigenvalue weighted by atomic mass is 9.74. The molecule has 8 heteroatoms. The van der Waals surface area contributed by atoms with Gasteiger partial charge in [-0.25, -0.2) is 4.79 Å². The molecule has 1 heterocycles. The number of urea groups is 1. The van der Waals surface area contributed by atoms with E-state index in [0.717, 1.165) is 17.7 Å². The van der Waals surface area contributed by atoms with Crippen molar-refractivity contribution in [1.29, 1.82) is 0 Å². The molecule has 1 saturated carbocycles. The normalized spacial score (nSPS) is 24.4. The molecule has 4 rings (SSSR count). The standard InChI is InChI=1S/C23H24Cl2N2O4/c24-17-6-7-19(25)20(12-17)31-14-18(28)13-27-21(29)23(26-22(27)30)10-8-16(9-11-23)15-4-2-1-3-5-15/h1-7,12,16,18,28H,8-11,13-14H2,(H,26,30). The van der Waals surface area contributed by atoms with E-state index in [9.17, 15) is 14.7 Å². The number of rotatable bonds is 6. The third kappa shape index (κ3) is 4.66. The van der Waals surface area contributed by atoms with E-state index in [1.165, 1.54) is 5.56 Å². The number of hydrogen-bond donors (Lipinski definition) is 2. The summed E-state index contributed by atoms with van der Waals surface area (Å²) < 4.78 is 5.52. The topological polar surface area (TPSA) is 78.9 Å². The number of ether oxygens (including phenoxy) is 1. The Labute approximate surface area is 191 Å². The lowest BCUT2D eigenvalue weighted by Gasteiger charge is -2.35. The number of β-amino-alcohol motifs (C(OH)–C–C–N with tert-alkyl or cyclic N) is 1. The highest BCUT2D eigenvalue weighted by Gasteiger charge is 2.52. The van der Waals surface area contributed by atoms with Gasteiger partial charge in [0.1, 0.15) is 24.0 Å². The summed E-state index contributed by atoms with van der Waals surface area (Å²) in [6.07, 6.45) is 1.75. The van der Waals surface area contributed by atoms with E-state index in [2.05, 4.69) is 17.4 Å². The first-order chi connectivity index (χ1) is 14.9. The van der Waals surface area contributed by atoms with E-state index in [1.807, 2.05) is 18.2 Å². The van der Waals surface area contributed by atoms with Crippen LogP contribution in [0.5, 0.6) is 5.75 Å². The maximum absolute atomic E-state index is 13.1. The number of aliphatic hydroxyl groups excluding tert-OH is 1. The number of aliphatic hydroxyl groups is 1. The Morgan fingerprint density at radius 1 is 1.13 bits per heavy atom. The van der Waals surface area contributed by atoms with Crippen LogP contribution in [0.2, 0.25) is 10.0 Å². The summed E-state index contributed by atoms with van der Waals surface area (Å²) in [5.74, 6) is 0.442. The number of amides is 3. The minimum atomic E-state index is -1.06. The van der Waals surface area contributed by atoms with Crippen LogP contribution in [0.3, 0.4) is 0 Å². The Bertz CT molecular complexity index is 961. The molecule has 0 bridgehead atoms. The fraction of sp³-hybridized carbons (Fsp3) is 0.391. The minimum absolute atomic E-state index is 0.125. The average Bonchev–Trinajstić information content (AvgIpc) is 2.99. The van der Waals surface area contributed by atoms with Gasteiger partial charge in [0.25, 0.3) is 5.91 Å². The number of nitrogens with zero attached hydrogens (tertiary/aromatic N) is 1. The molecule has 2 aromatic carbocycles. The Morgan fingerprint density at radius 2 is 1.84 bits per heavy atom. The average molecular weight is 463 g/mol. The largest absolute Gasteiger partial charge is 0.489 e. The van der Waals surface area contributed by atoms with E-state index < -0.39 is 17.7 Å². The zero-order valence-electron chi connectivity index (χ0n) is 16.9. The molecule has 1 atom stereocenters. The highest BCUT2D eigenvalue weighted by atomic mass is 35.5. The van der Waals surface area contributed by atoms with Crippen molar-refractivity contribution in [3.8, 4) is 5.75 Å². The van der Waals surface area contributed by atoms with Crippen molar-refractivity contribution in [2.45, 2.75) is 43.2 Å². The van der Waals surface area contributed by atoms with Gasteiger partial charge in [0.2, 0.25) is 0 Å². The van der Waals surface area contributed by atoms with Gasteiger partial charge >= 0.3 is 6.03 Å². The van der Waals surface area contributed by atoms with Gasteiger partial charge in [0, 0.05) is 11.1 Å². The monoisotopic (exact) mass is 462 g/mol. The van der Waals surface area contributed by atoms with Gasteiger partial charge in [0.05, 0.1) is 11.6 Å². The van der Waals surface area contributed by atoms with Crippen LogP contribution < -0.4 is 10.1 Å². The number of nitrogens with one attached hydrogen (secondary N) is 1. The van der Waals surface area contributed by atoms with Gasteiger partial charge in [-0.2, -0.15) is 0 Å². The van der Waals surface area contributed by atoms with Crippen molar-refractivity contribution in [2.24, 2.45) is 0 Å². The molecule has 1 aliphatic carbocycles. The predicted octanol–water partition coefficient (Wildman–Crippen LogP) is 4.38. The second kappa shape index (κ2) is 9.07. The number of carbonyl (C=O) groups excluding carboxylic acids is 2. The second-order valence-electron chi connectivity index (χ2n) is 8.15. The van der Waals surface area contributed by atoms with E-state index in [0.29, 0.717) is 34.6 Å². The molecule has 31 heavy (non-hydrogen) atoms. The van der Waals surface area contributed by atoms with Gasteiger partial charge in [0.15, 0.2) is 0 Å². The first-order valence-electron chi connectivity index (χ1n) is 10.3. The summed E-state index contributed by atoms with van der Waals surface area (Å²) >= 11 is 12.0. The summed E-state index contributed by atoms with van der Waals surface area (Å²) in [5, 5.41) is 14.1. The van der Waals surface area contributed by atoms with E-state index >= 15 is 0 Å². The van der Waals surface area contributed by atoms with E-state index in [1.54, 1.807) is 18.2 Å². The third-order valence-electron chi connectivity index (χ3n) is 6.07. The first kappa shape index (κ1) is 21.9. The SMILES string of the molecule is O=C1NC2(CCC(c3ccccc3)CC2)C(=O)N1CC(O)COc1cc(Cl)ccc1Cl. The third-order valence-corrected chi connectivity index (χ3v) is 6.62. The number of hydrogen-bond acceptors (Lipinski definition) is 4. The molecular formula is C23H24Cl2N2O4. The zero-order valence-corrected chi connectivity index (χ0v) is 18.4. The summed E-state index contributed by atoms with van der Waals surface area (Å²) in [7, 11) is 0. The molecule has 1 aliphatic heterocycles. The lowest BCUT2D eigenvalue weighted by Crippen LogP contribution is -2.49. The highest BCUT2D eigenvalue weighted by molar-refractivity contribution is 6.34. The zero-order chi connectivity index (χ0) is 22.0. The summed E-state index contributed by atoms with van der Waals surface area (Å²) in [4.78, 5) is 26.7. The molecule has 2 fully saturated rings. The smallest absolute Gasteiger partial charge is 0.325 e. The van der Waals surface area contributed by atoms with Gasteiger partial charge in [-0.15, -0.1) is 0 Å². The van der Waals surface area contributed by atoms with Crippen LogP contribution in [-0.4, -0.2) is 46.7 Å². The molecule has 0 radical (unpaired) electrons. The first-order valence-corrected chi connectivity index (χ1v) is 11.1. The molecule has 0 aromatic heterocycles. The van der Waals surface area contributed by atoms with Crippen molar-refractivity contribution >= 4 is 35.1 Å². The maximum Gasteiger partial charge on any atom is 0.325 e. The summed E-state index contributed by atoms with van der Waals surface area (Å²) in [5.41, 5.74) is 0.386. The predicted molar refractivity (Wildman–Crippen MR) is 119 cm³/mol. The second-order valence-corrected chi connectivity index (χ2v) is 9.00. The fourth-order valence-electron chi connectivity index (χ4n) is 4.39. The molecular weight excluding hydrogens is 439 g/mol. The Morgan fingerprint density at radius 3 is 2.55 bits per heavy atom. The van der Waals surface area contributed by atoms with Gasteiger partial charge in [-0.3, -0.25) is 9.69 Å². The Balaban J connectivity index is 1.34. The summed E-state index contributed by atoms with van der Waals surface area (Å²) in [6, 6.07) is 14.5. The van der Waals surface area contributed by atoms with Gasteiger partial charge in [-0.1, -0.05) is 53.5 Å². The van der Waals surface area contributed by atoms with Crippen LogP contribution >= 0.6 is 23.2 Å². The number of benzene rings is 2. The molecule has 2 aromatic rings.